The highest BCUT2D eigenvalue weighted by atomic mass is 32.2. The lowest BCUT2D eigenvalue weighted by Gasteiger charge is -2.27. The summed E-state index contributed by atoms with van der Waals surface area (Å²) >= 11 is 0. The fourth-order valence-corrected chi connectivity index (χ4v) is 4.29. The minimum atomic E-state index is -2.99. The van der Waals surface area contributed by atoms with Gasteiger partial charge in [0.2, 0.25) is 5.91 Å². The van der Waals surface area contributed by atoms with Gasteiger partial charge in [0.25, 0.3) is 0 Å². The van der Waals surface area contributed by atoms with Gasteiger partial charge in [-0.25, -0.2) is 8.42 Å². The Kier molecular flexibility index (Phi) is 5.71. The molecule has 1 atom stereocenters. The second-order valence-corrected chi connectivity index (χ2v) is 7.79. The van der Waals surface area contributed by atoms with Crippen LogP contribution in [-0.4, -0.2) is 48.3 Å². The molecule has 1 unspecified atom stereocenters. The van der Waals surface area contributed by atoms with Crippen molar-refractivity contribution in [2.75, 3.05) is 18.1 Å². The smallest absolute Gasteiger partial charge is 0.246 e. The summed E-state index contributed by atoms with van der Waals surface area (Å²) in [5.74, 6) is 0.141. The fourth-order valence-electron chi connectivity index (χ4n) is 2.56. The van der Waals surface area contributed by atoms with Crippen molar-refractivity contribution in [1.29, 1.82) is 0 Å². The molecule has 0 saturated carbocycles. The van der Waals surface area contributed by atoms with E-state index in [0.717, 1.165) is 18.4 Å². The van der Waals surface area contributed by atoms with Gasteiger partial charge in [-0.3, -0.25) is 9.78 Å². The zero-order valence-corrected chi connectivity index (χ0v) is 13.6. The number of carbonyl (C=O) groups is 1. The quantitative estimate of drug-likeness (QED) is 0.750. The Labute approximate surface area is 132 Å². The summed E-state index contributed by atoms with van der Waals surface area (Å²) in [6, 6.07) is 3.48. The molecule has 1 fully saturated rings. The molecule has 2 heterocycles. The largest absolute Gasteiger partial charge is 0.335 e. The monoisotopic (exact) mass is 322 g/mol. The SMILES string of the molecule is CCCCN(C(=O)C=Cc1cccnc1)C1CCS(=O)(=O)C1. The number of unbranched alkanes of at least 4 members (excludes halogenated alkanes) is 1. The molecule has 0 radical (unpaired) electrons. The number of hydrogen-bond donors (Lipinski definition) is 0. The van der Waals surface area contributed by atoms with Crippen molar-refractivity contribution in [1.82, 2.24) is 9.88 Å². The molecule has 2 rings (SSSR count). The molecule has 0 aromatic carbocycles. The van der Waals surface area contributed by atoms with Gasteiger partial charge in [0.1, 0.15) is 0 Å². The number of hydrogen-bond acceptors (Lipinski definition) is 4. The minimum Gasteiger partial charge on any atom is -0.335 e. The van der Waals surface area contributed by atoms with Crippen molar-refractivity contribution in [2.24, 2.45) is 0 Å². The highest BCUT2D eigenvalue weighted by Crippen LogP contribution is 2.19. The summed E-state index contributed by atoms with van der Waals surface area (Å²) in [7, 11) is -2.99. The molecular weight excluding hydrogens is 300 g/mol. The van der Waals surface area contributed by atoms with Gasteiger partial charge in [-0.2, -0.15) is 0 Å². The van der Waals surface area contributed by atoms with Crippen LogP contribution < -0.4 is 0 Å². The standard InChI is InChI=1S/C16H22N2O3S/c1-2-3-10-18(15-8-11-22(20,21)13-15)16(19)7-6-14-5-4-9-17-12-14/h4-7,9,12,15H,2-3,8,10-11,13H2,1H3. The highest BCUT2D eigenvalue weighted by molar-refractivity contribution is 7.91. The Bertz CT molecular complexity index is 626. The van der Waals surface area contributed by atoms with E-state index in [9.17, 15) is 13.2 Å². The molecule has 0 aliphatic carbocycles. The summed E-state index contributed by atoms with van der Waals surface area (Å²) in [5, 5.41) is 0. The average Bonchev–Trinajstić information content (AvgIpc) is 2.86. The molecule has 0 N–H and O–H groups in total. The molecule has 22 heavy (non-hydrogen) atoms. The van der Waals surface area contributed by atoms with Crippen molar-refractivity contribution in [3.05, 3.63) is 36.2 Å². The fraction of sp³-hybridized carbons (Fsp3) is 0.500. The van der Waals surface area contributed by atoms with E-state index in [1.165, 1.54) is 6.08 Å². The highest BCUT2D eigenvalue weighted by Gasteiger charge is 2.33. The van der Waals surface area contributed by atoms with E-state index in [0.29, 0.717) is 13.0 Å². The molecule has 1 aromatic rings. The third-order valence-electron chi connectivity index (χ3n) is 3.79. The maximum absolute atomic E-state index is 12.4. The predicted molar refractivity (Wildman–Crippen MR) is 87.0 cm³/mol. The van der Waals surface area contributed by atoms with E-state index >= 15 is 0 Å². The Hall–Kier alpha value is -1.69. The molecule has 6 heteroatoms. The number of aromatic nitrogens is 1. The number of sulfone groups is 1. The Morgan fingerprint density at radius 3 is 2.91 bits per heavy atom. The molecule has 0 bridgehead atoms. The summed E-state index contributed by atoms with van der Waals surface area (Å²) in [4.78, 5) is 18.2. The molecule has 1 aromatic heterocycles. The van der Waals surface area contributed by atoms with E-state index in [4.69, 9.17) is 0 Å². The molecule has 5 nitrogen and oxygen atoms in total. The van der Waals surface area contributed by atoms with Gasteiger partial charge in [-0.15, -0.1) is 0 Å². The normalized spacial score (nSPS) is 20.3. The van der Waals surface area contributed by atoms with Gasteiger partial charge in [-0.1, -0.05) is 19.4 Å². The number of nitrogens with zero attached hydrogens (tertiary/aromatic N) is 2. The van der Waals surface area contributed by atoms with Crippen molar-refractivity contribution < 1.29 is 13.2 Å². The van der Waals surface area contributed by atoms with Gasteiger partial charge >= 0.3 is 0 Å². The lowest BCUT2D eigenvalue weighted by Crippen LogP contribution is -2.40. The summed E-state index contributed by atoms with van der Waals surface area (Å²) in [5.41, 5.74) is 0.852. The van der Waals surface area contributed by atoms with E-state index in [1.54, 1.807) is 23.4 Å². The van der Waals surface area contributed by atoms with Gasteiger partial charge in [0.05, 0.1) is 11.5 Å². The van der Waals surface area contributed by atoms with Crippen LogP contribution in [0.1, 0.15) is 31.7 Å². The molecular formula is C16H22N2O3S. The van der Waals surface area contributed by atoms with Gasteiger partial charge in [0, 0.05) is 31.1 Å². The van der Waals surface area contributed by atoms with Gasteiger partial charge < -0.3 is 4.90 Å². The molecule has 1 aliphatic heterocycles. The molecule has 0 spiro atoms. The second-order valence-electron chi connectivity index (χ2n) is 5.56. The third kappa shape index (κ3) is 4.66. The first-order chi connectivity index (χ1) is 10.5. The first-order valence-electron chi connectivity index (χ1n) is 7.61. The van der Waals surface area contributed by atoms with Crippen molar-refractivity contribution >= 4 is 21.8 Å². The second kappa shape index (κ2) is 7.54. The lowest BCUT2D eigenvalue weighted by atomic mass is 10.2. The van der Waals surface area contributed by atoms with Crippen LogP contribution >= 0.6 is 0 Å². The number of carbonyl (C=O) groups excluding carboxylic acids is 1. The minimum absolute atomic E-state index is 0.0865. The van der Waals surface area contributed by atoms with E-state index in [1.807, 2.05) is 12.1 Å². The van der Waals surface area contributed by atoms with Crippen LogP contribution in [0.25, 0.3) is 6.08 Å². The van der Waals surface area contributed by atoms with Crippen LogP contribution in [0.5, 0.6) is 0 Å². The van der Waals surface area contributed by atoms with Crippen LogP contribution in [0.3, 0.4) is 0 Å². The number of amides is 1. The first kappa shape index (κ1) is 16.7. The molecule has 1 amide bonds. The zero-order chi connectivity index (χ0) is 16.0. The van der Waals surface area contributed by atoms with Crippen molar-refractivity contribution in [3.8, 4) is 0 Å². The van der Waals surface area contributed by atoms with Crippen LogP contribution in [0.2, 0.25) is 0 Å². The lowest BCUT2D eigenvalue weighted by molar-refractivity contribution is -0.127. The Morgan fingerprint density at radius 1 is 1.50 bits per heavy atom. The first-order valence-corrected chi connectivity index (χ1v) is 9.43. The van der Waals surface area contributed by atoms with Crippen LogP contribution in [0, 0.1) is 0 Å². The van der Waals surface area contributed by atoms with Crippen LogP contribution in [-0.2, 0) is 14.6 Å². The summed E-state index contributed by atoms with van der Waals surface area (Å²) in [6.45, 7) is 2.66. The van der Waals surface area contributed by atoms with E-state index < -0.39 is 9.84 Å². The number of rotatable bonds is 6. The zero-order valence-electron chi connectivity index (χ0n) is 12.8. The van der Waals surface area contributed by atoms with E-state index in [2.05, 4.69) is 11.9 Å². The van der Waals surface area contributed by atoms with Crippen LogP contribution in [0.15, 0.2) is 30.6 Å². The maximum atomic E-state index is 12.4. The summed E-state index contributed by atoms with van der Waals surface area (Å²) < 4.78 is 23.3. The van der Waals surface area contributed by atoms with E-state index in [-0.39, 0.29) is 23.5 Å². The average molecular weight is 322 g/mol. The predicted octanol–water partition coefficient (Wildman–Crippen LogP) is 1.91. The Morgan fingerprint density at radius 2 is 2.32 bits per heavy atom. The number of pyridine rings is 1. The molecule has 1 aliphatic rings. The van der Waals surface area contributed by atoms with Gasteiger partial charge in [-0.05, 0) is 30.5 Å². The van der Waals surface area contributed by atoms with Gasteiger partial charge in [0.15, 0.2) is 9.84 Å². The third-order valence-corrected chi connectivity index (χ3v) is 5.54. The van der Waals surface area contributed by atoms with Crippen molar-refractivity contribution in [2.45, 2.75) is 32.2 Å². The maximum Gasteiger partial charge on any atom is 0.246 e. The topological polar surface area (TPSA) is 67.3 Å². The van der Waals surface area contributed by atoms with Crippen LogP contribution in [0.4, 0.5) is 0 Å². The summed E-state index contributed by atoms with van der Waals surface area (Å²) in [6.07, 6.45) is 8.97. The molecule has 120 valence electrons. The molecule has 1 saturated heterocycles. The van der Waals surface area contributed by atoms with Crippen molar-refractivity contribution in [3.63, 3.8) is 0 Å². The Balaban J connectivity index is 2.08.